The van der Waals surface area contributed by atoms with Gasteiger partial charge in [-0.1, -0.05) is 59.6 Å². The molecule has 0 atom stereocenters. The Hall–Kier alpha value is -3.17. The van der Waals surface area contributed by atoms with Crippen LogP contribution in [0.4, 0.5) is 11.4 Å². The van der Waals surface area contributed by atoms with Crippen LogP contribution in [0.3, 0.4) is 0 Å². The Morgan fingerprint density at radius 3 is 2.57 bits per heavy atom. The van der Waals surface area contributed by atoms with E-state index in [1.807, 2.05) is 41.3 Å². The summed E-state index contributed by atoms with van der Waals surface area (Å²) < 4.78 is 0. The molecule has 1 amide bonds. The number of anilines is 1. The van der Waals surface area contributed by atoms with E-state index in [2.05, 4.69) is 26.9 Å². The Bertz CT molecular complexity index is 1320. The van der Waals surface area contributed by atoms with Gasteiger partial charge in [-0.3, -0.25) is 9.69 Å². The van der Waals surface area contributed by atoms with Crippen LogP contribution in [-0.4, -0.2) is 42.0 Å². The molecule has 0 bridgehead atoms. The first-order valence-corrected chi connectivity index (χ1v) is 12.3. The van der Waals surface area contributed by atoms with Crippen molar-refractivity contribution in [3.8, 4) is 0 Å². The molecule has 3 heterocycles. The van der Waals surface area contributed by atoms with Crippen LogP contribution in [0.25, 0.3) is 10.9 Å². The first-order valence-electron chi connectivity index (χ1n) is 11.6. The third-order valence-electron chi connectivity index (χ3n) is 7.01. The number of piperidine rings is 1. The number of carbonyl (C=O) groups is 1. The van der Waals surface area contributed by atoms with Gasteiger partial charge in [-0.2, -0.15) is 0 Å². The van der Waals surface area contributed by atoms with Crippen molar-refractivity contribution < 1.29 is 4.79 Å². The number of fused-ring (bicyclic) bond motifs is 2. The van der Waals surface area contributed by atoms with Crippen LogP contribution >= 0.6 is 23.2 Å². The van der Waals surface area contributed by atoms with E-state index in [1.165, 1.54) is 0 Å². The van der Waals surface area contributed by atoms with Crippen molar-refractivity contribution in [3.05, 3.63) is 105 Å². The number of likely N-dealkylation sites (tertiary alicyclic amines) is 1. The quantitative estimate of drug-likeness (QED) is 0.296. The molecule has 35 heavy (non-hydrogen) atoms. The molecule has 7 heteroatoms. The highest BCUT2D eigenvalue weighted by Gasteiger charge is 2.46. The van der Waals surface area contributed by atoms with Gasteiger partial charge >= 0.3 is 0 Å². The summed E-state index contributed by atoms with van der Waals surface area (Å²) in [5.74, 6) is -0.0867. The number of halogens is 2. The van der Waals surface area contributed by atoms with E-state index in [-0.39, 0.29) is 11.3 Å². The summed E-state index contributed by atoms with van der Waals surface area (Å²) in [6.45, 7) is 10.8. The molecule has 5 nitrogen and oxygen atoms in total. The van der Waals surface area contributed by atoms with Gasteiger partial charge in [-0.05, 0) is 67.4 Å². The predicted molar refractivity (Wildman–Crippen MR) is 141 cm³/mol. The van der Waals surface area contributed by atoms with E-state index >= 15 is 0 Å². The molecule has 2 aliphatic rings. The first-order chi connectivity index (χ1) is 17.0. The number of amides is 1. The van der Waals surface area contributed by atoms with Gasteiger partial charge in [-0.25, -0.2) is 9.83 Å². The largest absolute Gasteiger partial charge is 0.307 e. The molecular weight excluding hydrogens is 479 g/mol. The second kappa shape index (κ2) is 9.83. The molecular formula is C28H24Cl2N4O. The Morgan fingerprint density at radius 1 is 1.09 bits per heavy atom. The summed E-state index contributed by atoms with van der Waals surface area (Å²) in [7, 11) is 0. The maximum Gasteiger partial charge on any atom is 0.258 e. The second-order valence-electron chi connectivity index (χ2n) is 9.11. The van der Waals surface area contributed by atoms with Crippen molar-refractivity contribution in [2.24, 2.45) is 0 Å². The number of benzene rings is 2. The second-order valence-corrected chi connectivity index (χ2v) is 9.93. The average Bonchev–Trinajstić information content (AvgIpc) is 3.19. The lowest BCUT2D eigenvalue weighted by atomic mass is 9.74. The summed E-state index contributed by atoms with van der Waals surface area (Å²) in [4.78, 5) is 25.4. The number of hydrogen-bond acceptors (Lipinski definition) is 3. The smallest absolute Gasteiger partial charge is 0.258 e. The van der Waals surface area contributed by atoms with Gasteiger partial charge in [0.2, 0.25) is 0 Å². The maximum absolute atomic E-state index is 13.5. The lowest BCUT2D eigenvalue weighted by Gasteiger charge is -2.39. The standard InChI is InChI=1S/C28H24Cl2N4O/c1-31-23-8-9-25-24(18-23)28(19-34(25)27(35)21-10-13-32-26(30)17-21)11-15-33(16-12-28)14-2-3-20-4-6-22(29)7-5-20/h2-10,13,17-18H,11-12,14-16,19H2/b3-2+. The van der Waals surface area contributed by atoms with E-state index < -0.39 is 0 Å². The zero-order valence-corrected chi connectivity index (χ0v) is 20.6. The van der Waals surface area contributed by atoms with Gasteiger partial charge in [0.15, 0.2) is 5.69 Å². The van der Waals surface area contributed by atoms with Crippen molar-refractivity contribution in [3.63, 3.8) is 0 Å². The molecule has 3 aromatic rings. The van der Waals surface area contributed by atoms with Crippen LogP contribution in [0.2, 0.25) is 10.2 Å². The van der Waals surface area contributed by atoms with E-state index in [4.69, 9.17) is 29.8 Å². The number of hydrogen-bond donors (Lipinski definition) is 0. The fraction of sp³-hybridized carbons (Fsp3) is 0.250. The van der Waals surface area contributed by atoms with Gasteiger partial charge in [-0.15, -0.1) is 0 Å². The minimum absolute atomic E-state index is 0.0867. The highest BCUT2D eigenvalue weighted by atomic mass is 35.5. The van der Waals surface area contributed by atoms with Crippen molar-refractivity contribution in [2.45, 2.75) is 18.3 Å². The van der Waals surface area contributed by atoms with Gasteiger partial charge in [0.25, 0.3) is 5.91 Å². The van der Waals surface area contributed by atoms with E-state index in [1.54, 1.807) is 24.4 Å². The van der Waals surface area contributed by atoms with Crippen molar-refractivity contribution in [1.82, 2.24) is 9.88 Å². The minimum Gasteiger partial charge on any atom is -0.307 e. The molecule has 1 spiro atoms. The SMILES string of the molecule is [C-]#[N+]c1ccc2c(c1)C1(CCN(C/C=C/c3ccc(Cl)cc3)CC1)CN2C(=O)c1ccnc(Cl)c1. The van der Waals surface area contributed by atoms with E-state index in [0.29, 0.717) is 22.9 Å². The highest BCUT2D eigenvalue weighted by molar-refractivity contribution is 6.30. The normalized spacial score (nSPS) is 17.0. The molecule has 0 N–H and O–H groups in total. The van der Waals surface area contributed by atoms with Gasteiger partial charge in [0.1, 0.15) is 5.15 Å². The van der Waals surface area contributed by atoms with E-state index in [0.717, 1.165) is 54.3 Å². The molecule has 0 aliphatic carbocycles. The third-order valence-corrected chi connectivity index (χ3v) is 7.47. The maximum atomic E-state index is 13.5. The van der Waals surface area contributed by atoms with Crippen molar-refractivity contribution in [1.29, 1.82) is 0 Å². The monoisotopic (exact) mass is 502 g/mol. The van der Waals surface area contributed by atoms with Crippen LogP contribution in [0, 0.1) is 6.57 Å². The molecule has 2 aromatic carbocycles. The third kappa shape index (κ3) is 4.83. The number of rotatable bonds is 4. The Morgan fingerprint density at radius 2 is 1.86 bits per heavy atom. The topological polar surface area (TPSA) is 40.8 Å². The number of pyridine rings is 1. The molecule has 176 valence electrons. The number of nitrogens with zero attached hydrogens (tertiary/aromatic N) is 4. The number of carbonyl (C=O) groups excluding carboxylic acids is 1. The fourth-order valence-corrected chi connectivity index (χ4v) is 5.40. The van der Waals surface area contributed by atoms with E-state index in [9.17, 15) is 4.79 Å². The zero-order valence-electron chi connectivity index (χ0n) is 19.1. The van der Waals surface area contributed by atoms with Crippen molar-refractivity contribution >= 4 is 46.6 Å². The predicted octanol–water partition coefficient (Wildman–Crippen LogP) is 6.65. The zero-order chi connectivity index (χ0) is 24.4. The fourth-order valence-electron chi connectivity index (χ4n) is 5.10. The van der Waals surface area contributed by atoms with Gasteiger partial charge < -0.3 is 4.90 Å². The summed E-state index contributed by atoms with van der Waals surface area (Å²) in [5.41, 5.74) is 4.11. The molecule has 2 aliphatic heterocycles. The first kappa shape index (κ1) is 23.6. The molecule has 1 fully saturated rings. The molecule has 1 saturated heterocycles. The van der Waals surface area contributed by atoms with Crippen LogP contribution in [-0.2, 0) is 5.41 Å². The summed E-state index contributed by atoms with van der Waals surface area (Å²) in [6, 6.07) is 16.8. The summed E-state index contributed by atoms with van der Waals surface area (Å²) in [5, 5.41) is 1.04. The van der Waals surface area contributed by atoms with Crippen molar-refractivity contribution in [2.75, 3.05) is 31.1 Å². The lowest BCUT2D eigenvalue weighted by Crippen LogP contribution is -2.46. The minimum atomic E-state index is -0.154. The Balaban J connectivity index is 1.34. The summed E-state index contributed by atoms with van der Waals surface area (Å²) >= 11 is 12.0. The lowest BCUT2D eigenvalue weighted by molar-refractivity contribution is 0.0977. The molecule has 0 radical (unpaired) electrons. The van der Waals surface area contributed by atoms with Crippen LogP contribution in [0.5, 0.6) is 0 Å². The van der Waals surface area contributed by atoms with Gasteiger partial charge in [0, 0.05) is 41.0 Å². The number of aromatic nitrogens is 1. The van der Waals surface area contributed by atoms with Crippen LogP contribution < -0.4 is 4.90 Å². The summed E-state index contributed by atoms with van der Waals surface area (Å²) in [6.07, 6.45) is 7.71. The molecule has 5 rings (SSSR count). The van der Waals surface area contributed by atoms with Gasteiger partial charge in [0.05, 0.1) is 6.57 Å². The van der Waals surface area contributed by atoms with Crippen LogP contribution in [0.15, 0.2) is 66.9 Å². The van der Waals surface area contributed by atoms with Crippen LogP contribution in [0.1, 0.15) is 34.3 Å². The molecule has 1 aromatic heterocycles. The highest BCUT2D eigenvalue weighted by Crippen LogP contribution is 2.48. The molecule has 0 saturated carbocycles. The molecule has 0 unspecified atom stereocenters. The Kier molecular flexibility index (Phi) is 6.62. The Labute approximate surface area is 215 Å². The average molecular weight is 503 g/mol.